The van der Waals surface area contributed by atoms with E-state index in [2.05, 4.69) is 45.7 Å². The molecular weight excluding hydrogens is 509 g/mol. The van der Waals surface area contributed by atoms with Gasteiger partial charge in [-0.25, -0.2) is 4.99 Å². The van der Waals surface area contributed by atoms with Crippen LogP contribution < -0.4 is 15.4 Å². The second kappa shape index (κ2) is 13.8. The van der Waals surface area contributed by atoms with Gasteiger partial charge in [-0.2, -0.15) is 0 Å². The Hall–Kier alpha value is -2.37. The van der Waals surface area contributed by atoms with Crippen molar-refractivity contribution in [3.05, 3.63) is 41.5 Å². The summed E-state index contributed by atoms with van der Waals surface area (Å²) in [5.74, 6) is 2.36. The number of nitrogens with zero attached hydrogens (tertiary/aromatic N) is 5. The summed E-state index contributed by atoms with van der Waals surface area (Å²) in [5.41, 5.74) is 2.32. The molecular formula is C21H34IN7O2. The SMILES string of the molecule is CCc1nncn1CCNC(=NCC(=O)N(C)C)NCCc1cc(C)ccc1OC.I. The maximum Gasteiger partial charge on any atom is 0.243 e. The monoisotopic (exact) mass is 543 g/mol. The van der Waals surface area contributed by atoms with E-state index in [9.17, 15) is 4.79 Å². The summed E-state index contributed by atoms with van der Waals surface area (Å²) in [6, 6.07) is 6.14. The van der Waals surface area contributed by atoms with E-state index < -0.39 is 0 Å². The Bertz CT molecular complexity index is 852. The van der Waals surface area contributed by atoms with E-state index in [1.165, 1.54) is 10.5 Å². The molecule has 0 saturated carbocycles. The number of rotatable bonds is 10. The fourth-order valence-corrected chi connectivity index (χ4v) is 2.91. The number of carbonyl (C=O) groups excluding carboxylic acids is 1. The van der Waals surface area contributed by atoms with Crippen LogP contribution in [0.2, 0.25) is 0 Å². The predicted molar refractivity (Wildman–Crippen MR) is 133 cm³/mol. The molecule has 9 nitrogen and oxygen atoms in total. The molecule has 0 spiro atoms. The van der Waals surface area contributed by atoms with Crippen molar-refractivity contribution in [3.63, 3.8) is 0 Å². The number of amides is 1. The van der Waals surface area contributed by atoms with Gasteiger partial charge in [0.1, 0.15) is 24.4 Å². The Kier molecular flexibility index (Phi) is 11.9. The van der Waals surface area contributed by atoms with Crippen LogP contribution in [0.1, 0.15) is 23.9 Å². The van der Waals surface area contributed by atoms with Crippen LogP contribution in [-0.2, 0) is 24.2 Å². The van der Waals surface area contributed by atoms with Gasteiger partial charge in [0.15, 0.2) is 5.96 Å². The maximum atomic E-state index is 11.9. The summed E-state index contributed by atoms with van der Waals surface area (Å²) >= 11 is 0. The molecule has 0 aliphatic carbocycles. The molecule has 1 aromatic carbocycles. The number of hydrogen-bond donors (Lipinski definition) is 2. The highest BCUT2D eigenvalue weighted by molar-refractivity contribution is 14.0. The average Bonchev–Trinajstić information content (AvgIpc) is 3.18. The third-order valence-electron chi connectivity index (χ3n) is 4.65. The van der Waals surface area contributed by atoms with E-state index in [0.29, 0.717) is 25.6 Å². The van der Waals surface area contributed by atoms with Gasteiger partial charge in [0.2, 0.25) is 5.91 Å². The van der Waals surface area contributed by atoms with Gasteiger partial charge in [0.05, 0.1) is 7.11 Å². The molecule has 1 aromatic heterocycles. The minimum atomic E-state index is -0.0523. The first-order valence-corrected chi connectivity index (χ1v) is 10.2. The van der Waals surface area contributed by atoms with Crippen LogP contribution in [0.5, 0.6) is 5.75 Å². The minimum Gasteiger partial charge on any atom is -0.496 e. The molecule has 2 N–H and O–H groups in total. The lowest BCUT2D eigenvalue weighted by atomic mass is 10.1. The molecule has 0 saturated heterocycles. The normalized spacial score (nSPS) is 10.9. The first-order valence-electron chi connectivity index (χ1n) is 10.2. The highest BCUT2D eigenvalue weighted by Crippen LogP contribution is 2.19. The van der Waals surface area contributed by atoms with Crippen LogP contribution in [-0.4, -0.2) is 72.4 Å². The Balaban J connectivity index is 0.00000480. The fraction of sp³-hybridized carbons (Fsp3) is 0.524. The van der Waals surface area contributed by atoms with Crippen molar-refractivity contribution in [2.45, 2.75) is 33.2 Å². The van der Waals surface area contributed by atoms with Crippen LogP contribution in [0.15, 0.2) is 29.5 Å². The Morgan fingerprint density at radius 1 is 1.26 bits per heavy atom. The van der Waals surface area contributed by atoms with Crippen LogP contribution in [0, 0.1) is 6.92 Å². The van der Waals surface area contributed by atoms with E-state index in [1.807, 2.05) is 16.7 Å². The van der Waals surface area contributed by atoms with Crippen molar-refractivity contribution in [3.8, 4) is 5.75 Å². The van der Waals surface area contributed by atoms with Gasteiger partial charge < -0.3 is 24.8 Å². The number of aliphatic imine (C=N–C) groups is 1. The number of aromatic nitrogens is 3. The van der Waals surface area contributed by atoms with Crippen molar-refractivity contribution in [2.75, 3.05) is 40.8 Å². The number of benzene rings is 1. The van der Waals surface area contributed by atoms with Crippen LogP contribution in [0.3, 0.4) is 0 Å². The number of ether oxygens (including phenoxy) is 1. The van der Waals surface area contributed by atoms with E-state index >= 15 is 0 Å². The second-order valence-corrected chi connectivity index (χ2v) is 7.17. The maximum absolute atomic E-state index is 11.9. The van der Waals surface area contributed by atoms with Crippen molar-refractivity contribution >= 4 is 35.8 Å². The van der Waals surface area contributed by atoms with Gasteiger partial charge >= 0.3 is 0 Å². The summed E-state index contributed by atoms with van der Waals surface area (Å²) < 4.78 is 7.46. The molecule has 0 fully saturated rings. The van der Waals surface area contributed by atoms with Gasteiger partial charge in [-0.05, 0) is 25.0 Å². The van der Waals surface area contributed by atoms with E-state index in [1.54, 1.807) is 27.5 Å². The van der Waals surface area contributed by atoms with Crippen molar-refractivity contribution < 1.29 is 9.53 Å². The largest absolute Gasteiger partial charge is 0.496 e. The quantitative estimate of drug-likeness (QED) is 0.269. The van der Waals surface area contributed by atoms with Crippen LogP contribution >= 0.6 is 24.0 Å². The van der Waals surface area contributed by atoms with Crippen molar-refractivity contribution in [1.82, 2.24) is 30.3 Å². The summed E-state index contributed by atoms with van der Waals surface area (Å²) in [7, 11) is 5.12. The smallest absolute Gasteiger partial charge is 0.243 e. The number of halogens is 1. The summed E-state index contributed by atoms with van der Waals surface area (Å²) in [4.78, 5) is 17.9. The zero-order valence-corrected chi connectivity index (χ0v) is 21.3. The molecule has 2 aromatic rings. The van der Waals surface area contributed by atoms with Gasteiger partial charge in [0, 0.05) is 40.2 Å². The van der Waals surface area contributed by atoms with Crippen molar-refractivity contribution in [2.24, 2.45) is 4.99 Å². The zero-order chi connectivity index (χ0) is 21.9. The van der Waals surface area contributed by atoms with Crippen LogP contribution in [0.4, 0.5) is 0 Å². The summed E-state index contributed by atoms with van der Waals surface area (Å²) in [6.45, 7) is 6.21. The zero-order valence-electron chi connectivity index (χ0n) is 19.0. The van der Waals surface area contributed by atoms with Gasteiger partial charge in [-0.3, -0.25) is 4.79 Å². The third kappa shape index (κ3) is 8.72. The lowest BCUT2D eigenvalue weighted by molar-refractivity contribution is -0.127. The van der Waals surface area contributed by atoms with Gasteiger partial charge in [-0.15, -0.1) is 34.2 Å². The molecule has 0 radical (unpaired) electrons. The lowest BCUT2D eigenvalue weighted by Crippen LogP contribution is -2.41. The highest BCUT2D eigenvalue weighted by atomic mass is 127. The molecule has 0 bridgehead atoms. The summed E-state index contributed by atoms with van der Waals surface area (Å²) in [5, 5.41) is 14.7. The number of methoxy groups -OCH3 is 1. The molecule has 10 heteroatoms. The number of nitrogens with one attached hydrogen (secondary N) is 2. The van der Waals surface area contributed by atoms with E-state index in [4.69, 9.17) is 4.74 Å². The average molecular weight is 543 g/mol. The number of aryl methyl sites for hydroxylation is 2. The molecule has 31 heavy (non-hydrogen) atoms. The first-order chi connectivity index (χ1) is 14.4. The molecule has 2 rings (SSSR count). The Morgan fingerprint density at radius 2 is 2.00 bits per heavy atom. The molecule has 0 aliphatic rings. The number of guanidine groups is 1. The van der Waals surface area contributed by atoms with E-state index in [0.717, 1.165) is 30.0 Å². The first kappa shape index (κ1) is 26.7. The number of likely N-dealkylation sites (N-methyl/N-ethyl adjacent to an activating group) is 1. The minimum absolute atomic E-state index is 0. The molecule has 172 valence electrons. The van der Waals surface area contributed by atoms with Crippen LogP contribution in [0.25, 0.3) is 0 Å². The van der Waals surface area contributed by atoms with Crippen molar-refractivity contribution in [1.29, 1.82) is 0 Å². The third-order valence-corrected chi connectivity index (χ3v) is 4.65. The molecule has 1 heterocycles. The van der Waals surface area contributed by atoms with Gasteiger partial charge in [-0.1, -0.05) is 24.6 Å². The highest BCUT2D eigenvalue weighted by Gasteiger charge is 2.07. The number of carbonyl (C=O) groups is 1. The predicted octanol–water partition coefficient (Wildman–Crippen LogP) is 1.64. The Labute approximate surface area is 201 Å². The summed E-state index contributed by atoms with van der Waals surface area (Å²) in [6.07, 6.45) is 3.33. The van der Waals surface area contributed by atoms with Gasteiger partial charge in [0.25, 0.3) is 0 Å². The molecule has 1 amide bonds. The topological polar surface area (TPSA) is 96.7 Å². The molecule has 0 unspecified atom stereocenters. The Morgan fingerprint density at radius 3 is 2.68 bits per heavy atom. The molecule has 0 atom stereocenters. The number of hydrogen-bond acceptors (Lipinski definition) is 5. The fourth-order valence-electron chi connectivity index (χ4n) is 2.91. The standard InChI is InChI=1S/C21H33N7O2.HI/c1-6-19-26-25-15-28(19)12-11-23-21(24-14-20(29)27(3)4)22-10-9-17-13-16(2)7-8-18(17)30-5;/h7-8,13,15H,6,9-12,14H2,1-5H3,(H2,22,23,24);1H. The second-order valence-electron chi connectivity index (χ2n) is 7.17. The lowest BCUT2D eigenvalue weighted by Gasteiger charge is -2.15. The molecule has 0 aliphatic heterocycles. The van der Waals surface area contributed by atoms with E-state index in [-0.39, 0.29) is 36.4 Å².